The Bertz CT molecular complexity index is 3120. The molecule has 1 spiro atoms. The molecule has 0 saturated carbocycles. The highest BCUT2D eigenvalue weighted by Crippen LogP contribution is 2.63. The zero-order valence-corrected chi connectivity index (χ0v) is 29.9. The molecule has 1 aliphatic heterocycles. The van der Waals surface area contributed by atoms with E-state index in [9.17, 15) is 0 Å². The second-order valence-corrected chi connectivity index (χ2v) is 14.8. The van der Waals surface area contributed by atoms with Crippen LogP contribution < -0.4 is 9.64 Å². The van der Waals surface area contributed by atoms with Crippen molar-refractivity contribution >= 4 is 60.2 Å². The van der Waals surface area contributed by atoms with E-state index in [4.69, 9.17) is 4.74 Å². The lowest BCUT2D eigenvalue weighted by molar-refractivity contribution is 0.438. The summed E-state index contributed by atoms with van der Waals surface area (Å²) in [5.41, 5.74) is 9.94. The summed E-state index contributed by atoms with van der Waals surface area (Å²) in [5, 5.41) is 10.0. The van der Waals surface area contributed by atoms with Gasteiger partial charge in [-0.1, -0.05) is 170 Å². The largest absolute Gasteiger partial charge is 0.454 e. The van der Waals surface area contributed by atoms with E-state index in [1.165, 1.54) is 70.9 Å². The Labute approximate surface area is 319 Å². The third kappa shape index (κ3) is 4.14. The molecule has 0 saturated heterocycles. The van der Waals surface area contributed by atoms with E-state index >= 15 is 0 Å². The van der Waals surface area contributed by atoms with E-state index in [1.807, 2.05) is 0 Å². The minimum absolute atomic E-state index is 0.564. The van der Waals surface area contributed by atoms with Gasteiger partial charge in [-0.2, -0.15) is 0 Å². The Morgan fingerprint density at radius 3 is 1.65 bits per heavy atom. The number of para-hydroxylation sites is 2. The van der Waals surface area contributed by atoms with Crippen LogP contribution in [0.4, 0.5) is 17.1 Å². The van der Waals surface area contributed by atoms with Crippen LogP contribution in [0.3, 0.4) is 0 Å². The molecule has 10 aromatic carbocycles. The highest BCUT2D eigenvalue weighted by Gasteiger charge is 2.51. The van der Waals surface area contributed by atoms with E-state index in [0.29, 0.717) is 0 Å². The fraction of sp³-hybridized carbons (Fsp3) is 0.0189. The summed E-state index contributed by atoms with van der Waals surface area (Å²) >= 11 is 0. The zero-order chi connectivity index (χ0) is 36.1. The van der Waals surface area contributed by atoms with Crippen molar-refractivity contribution in [2.45, 2.75) is 5.41 Å². The van der Waals surface area contributed by atoms with Gasteiger partial charge in [-0.25, -0.2) is 0 Å². The molecule has 10 aromatic rings. The highest BCUT2D eigenvalue weighted by molar-refractivity contribution is 6.16. The smallest absolute Gasteiger partial charge is 0.156 e. The fourth-order valence-corrected chi connectivity index (χ4v) is 9.81. The van der Waals surface area contributed by atoms with Gasteiger partial charge in [0.25, 0.3) is 0 Å². The quantitative estimate of drug-likeness (QED) is 0.170. The summed E-state index contributed by atoms with van der Waals surface area (Å²) < 4.78 is 7.22. The molecule has 55 heavy (non-hydrogen) atoms. The van der Waals surface area contributed by atoms with Crippen molar-refractivity contribution in [2.75, 3.05) is 4.90 Å². The summed E-state index contributed by atoms with van der Waals surface area (Å²) in [4.78, 5) is 2.40. The molecule has 0 bridgehead atoms. The molecule has 0 amide bonds. The van der Waals surface area contributed by atoms with E-state index in [2.05, 4.69) is 205 Å². The van der Waals surface area contributed by atoms with Crippen molar-refractivity contribution in [1.29, 1.82) is 0 Å². The van der Waals surface area contributed by atoms with Crippen molar-refractivity contribution in [3.8, 4) is 22.6 Å². The molecule has 0 unspecified atom stereocenters. The third-order valence-electron chi connectivity index (χ3n) is 12.1. The van der Waals surface area contributed by atoms with Crippen LogP contribution in [0.15, 0.2) is 200 Å². The number of rotatable bonds is 4. The van der Waals surface area contributed by atoms with E-state index in [0.717, 1.165) is 34.1 Å². The zero-order valence-electron chi connectivity index (χ0n) is 29.9. The van der Waals surface area contributed by atoms with Gasteiger partial charge in [0.1, 0.15) is 5.75 Å². The molecule has 2 aliphatic rings. The molecule has 2 nitrogen and oxygen atoms in total. The summed E-state index contributed by atoms with van der Waals surface area (Å²) in [6, 6.07) is 73.1. The summed E-state index contributed by atoms with van der Waals surface area (Å²) in [7, 11) is 0. The van der Waals surface area contributed by atoms with E-state index < -0.39 is 5.41 Å². The summed E-state index contributed by atoms with van der Waals surface area (Å²) in [6.07, 6.45) is 0. The predicted octanol–water partition coefficient (Wildman–Crippen LogP) is 14.2. The topological polar surface area (TPSA) is 12.5 Å². The molecule has 2 heteroatoms. The van der Waals surface area contributed by atoms with Crippen LogP contribution in [0, 0.1) is 0 Å². The third-order valence-corrected chi connectivity index (χ3v) is 12.1. The van der Waals surface area contributed by atoms with Crippen LogP contribution in [-0.2, 0) is 5.41 Å². The van der Waals surface area contributed by atoms with Gasteiger partial charge in [0.2, 0.25) is 0 Å². The average molecular weight is 700 g/mol. The molecular formula is C53H33NO. The molecule has 1 aliphatic carbocycles. The second-order valence-electron chi connectivity index (χ2n) is 14.8. The highest BCUT2D eigenvalue weighted by atomic mass is 16.5. The molecule has 256 valence electrons. The minimum atomic E-state index is -0.564. The first-order valence-electron chi connectivity index (χ1n) is 19.0. The number of anilines is 3. The van der Waals surface area contributed by atoms with Crippen LogP contribution in [-0.4, -0.2) is 0 Å². The standard InChI is InChI=1S/C53H33NO/c1-3-18-40-34(12-1)14-7-20-41(40)36-30-32-39(33-31-36)54(47-25-10-15-35-13-2-4-19-42(35)47)48-26-11-24-46-52(48)55-49-27-6-5-21-43(49)53(46)44-22-8-16-37-28-29-38-17-9-23-45(53)51(38)50(37)44/h1-33H. The maximum Gasteiger partial charge on any atom is 0.156 e. The minimum Gasteiger partial charge on any atom is -0.454 e. The molecule has 12 rings (SSSR count). The first-order valence-corrected chi connectivity index (χ1v) is 19.0. The van der Waals surface area contributed by atoms with E-state index in [1.54, 1.807) is 0 Å². The van der Waals surface area contributed by atoms with Crippen LogP contribution in [0.25, 0.3) is 54.2 Å². The van der Waals surface area contributed by atoms with Crippen LogP contribution in [0.2, 0.25) is 0 Å². The van der Waals surface area contributed by atoms with Gasteiger partial charge >= 0.3 is 0 Å². The van der Waals surface area contributed by atoms with Gasteiger partial charge in [-0.05, 0) is 90.3 Å². The van der Waals surface area contributed by atoms with Gasteiger partial charge < -0.3 is 9.64 Å². The van der Waals surface area contributed by atoms with Gasteiger partial charge in [0.05, 0.1) is 16.8 Å². The van der Waals surface area contributed by atoms with Crippen molar-refractivity contribution in [3.63, 3.8) is 0 Å². The van der Waals surface area contributed by atoms with Gasteiger partial charge in [-0.3, -0.25) is 0 Å². The molecule has 0 atom stereocenters. The van der Waals surface area contributed by atoms with Crippen LogP contribution in [0.5, 0.6) is 11.5 Å². The lowest BCUT2D eigenvalue weighted by atomic mass is 9.65. The number of hydrogen-bond donors (Lipinski definition) is 0. The van der Waals surface area contributed by atoms with Crippen LogP contribution >= 0.6 is 0 Å². The Hall–Kier alpha value is -7.16. The number of fused-ring (bicyclic) bond motifs is 8. The molecule has 0 N–H and O–H groups in total. The number of hydrogen-bond acceptors (Lipinski definition) is 2. The number of benzene rings is 10. The average Bonchev–Trinajstić information content (AvgIpc) is 3.55. The normalized spacial score (nSPS) is 13.4. The first-order chi connectivity index (χ1) is 27.3. The maximum absolute atomic E-state index is 7.22. The lowest BCUT2D eigenvalue weighted by Crippen LogP contribution is -2.33. The Morgan fingerprint density at radius 1 is 0.364 bits per heavy atom. The van der Waals surface area contributed by atoms with Crippen molar-refractivity contribution in [2.24, 2.45) is 0 Å². The number of ether oxygens (including phenoxy) is 1. The first kappa shape index (κ1) is 30.3. The number of nitrogens with zero attached hydrogens (tertiary/aromatic N) is 1. The molecule has 0 aromatic heterocycles. The Balaban J connectivity index is 1.14. The molecular weight excluding hydrogens is 667 g/mol. The summed E-state index contributed by atoms with van der Waals surface area (Å²) in [5.74, 6) is 1.75. The predicted molar refractivity (Wildman–Crippen MR) is 229 cm³/mol. The lowest BCUT2D eigenvalue weighted by Gasteiger charge is -2.41. The molecule has 0 fully saturated rings. The fourth-order valence-electron chi connectivity index (χ4n) is 9.81. The Morgan fingerprint density at radius 2 is 0.891 bits per heavy atom. The van der Waals surface area contributed by atoms with Gasteiger partial charge in [0.15, 0.2) is 5.75 Å². The second kappa shape index (κ2) is 11.4. The van der Waals surface area contributed by atoms with E-state index in [-0.39, 0.29) is 0 Å². The SMILES string of the molecule is c1ccc2c(c1)Oc1c(N(c3ccc(-c4cccc5ccccc45)cc3)c3cccc4ccccc34)cccc1C21c2cccc3ccc4cccc1c4c23. The van der Waals surface area contributed by atoms with Crippen molar-refractivity contribution in [1.82, 2.24) is 0 Å². The monoisotopic (exact) mass is 699 g/mol. The molecule has 0 radical (unpaired) electrons. The van der Waals surface area contributed by atoms with Gasteiger partial charge in [-0.15, -0.1) is 0 Å². The summed E-state index contributed by atoms with van der Waals surface area (Å²) in [6.45, 7) is 0. The van der Waals surface area contributed by atoms with Crippen molar-refractivity contribution in [3.05, 3.63) is 222 Å². The Kier molecular flexibility index (Phi) is 6.29. The maximum atomic E-state index is 7.22. The van der Waals surface area contributed by atoms with Crippen LogP contribution in [0.1, 0.15) is 22.3 Å². The van der Waals surface area contributed by atoms with Crippen molar-refractivity contribution < 1.29 is 4.74 Å². The van der Waals surface area contributed by atoms with Gasteiger partial charge in [0, 0.05) is 22.2 Å². The molecule has 1 heterocycles.